The van der Waals surface area contributed by atoms with E-state index in [9.17, 15) is 9.18 Å². The highest BCUT2D eigenvalue weighted by Crippen LogP contribution is 2.29. The molecule has 0 atom stereocenters. The second-order valence-electron chi connectivity index (χ2n) is 4.56. The third-order valence-corrected chi connectivity index (χ3v) is 4.11. The molecule has 0 bridgehead atoms. The molecule has 2 nitrogen and oxygen atoms in total. The summed E-state index contributed by atoms with van der Waals surface area (Å²) < 4.78 is 12.9. The van der Waals surface area contributed by atoms with Crippen LogP contribution in [0.5, 0.6) is 0 Å². The van der Waals surface area contributed by atoms with Crippen LogP contribution in [0, 0.1) is 5.82 Å². The molecular weight excluding hydrogens is 285 g/mol. The number of carbonyl (C=O) groups excluding carboxylic acids is 1. The summed E-state index contributed by atoms with van der Waals surface area (Å²) in [4.78, 5) is 13.5. The van der Waals surface area contributed by atoms with E-state index in [2.05, 4.69) is 5.32 Å². The lowest BCUT2D eigenvalue weighted by molar-refractivity contribution is -0.113. The summed E-state index contributed by atoms with van der Waals surface area (Å²) in [7, 11) is 0. The molecule has 0 radical (unpaired) electrons. The molecular formula is C17H16FNOS. The molecule has 0 aliphatic heterocycles. The minimum Gasteiger partial charge on any atom is -0.358 e. The summed E-state index contributed by atoms with van der Waals surface area (Å²) in [5, 5.41) is 3.14. The molecule has 0 saturated heterocycles. The van der Waals surface area contributed by atoms with Crippen molar-refractivity contribution >= 4 is 23.2 Å². The van der Waals surface area contributed by atoms with Crippen LogP contribution in [-0.4, -0.2) is 5.78 Å². The van der Waals surface area contributed by atoms with E-state index < -0.39 is 0 Å². The van der Waals surface area contributed by atoms with E-state index in [0.29, 0.717) is 4.91 Å². The third kappa shape index (κ3) is 4.46. The molecule has 0 aromatic heterocycles. The molecule has 2 aromatic carbocycles. The van der Waals surface area contributed by atoms with Crippen LogP contribution >= 0.6 is 11.8 Å². The normalized spacial score (nSPS) is 11.8. The Kier molecular flexibility index (Phi) is 5.17. The first-order valence-electron chi connectivity index (χ1n) is 6.53. The van der Waals surface area contributed by atoms with Crippen molar-refractivity contribution in [2.75, 3.05) is 5.32 Å². The van der Waals surface area contributed by atoms with Crippen LogP contribution < -0.4 is 5.32 Å². The average molecular weight is 301 g/mol. The van der Waals surface area contributed by atoms with Crippen LogP contribution in [0.4, 0.5) is 10.1 Å². The van der Waals surface area contributed by atoms with Gasteiger partial charge < -0.3 is 5.32 Å². The summed E-state index contributed by atoms with van der Waals surface area (Å²) in [6, 6.07) is 15.8. The highest BCUT2D eigenvalue weighted by atomic mass is 32.2. The van der Waals surface area contributed by atoms with E-state index >= 15 is 0 Å². The number of halogens is 1. The van der Waals surface area contributed by atoms with Crippen LogP contribution in [0.25, 0.3) is 0 Å². The van der Waals surface area contributed by atoms with Gasteiger partial charge in [-0.3, -0.25) is 4.79 Å². The van der Waals surface area contributed by atoms with Gasteiger partial charge >= 0.3 is 0 Å². The van der Waals surface area contributed by atoms with Gasteiger partial charge in [0.25, 0.3) is 0 Å². The number of allylic oxidation sites excluding steroid dienone is 2. The van der Waals surface area contributed by atoms with Gasteiger partial charge in [0.05, 0.1) is 4.91 Å². The van der Waals surface area contributed by atoms with Crippen molar-refractivity contribution in [1.82, 2.24) is 0 Å². The van der Waals surface area contributed by atoms with Crippen LogP contribution in [-0.2, 0) is 4.79 Å². The lowest BCUT2D eigenvalue weighted by atomic mass is 10.3. The number of thioether (sulfide) groups is 1. The predicted octanol–water partition coefficient (Wildman–Crippen LogP) is 4.85. The monoisotopic (exact) mass is 301 g/mol. The Balaban J connectivity index is 2.22. The lowest BCUT2D eigenvalue weighted by Crippen LogP contribution is -2.04. The maximum Gasteiger partial charge on any atom is 0.168 e. The molecule has 0 aliphatic carbocycles. The average Bonchev–Trinajstić information content (AvgIpc) is 2.48. The summed E-state index contributed by atoms with van der Waals surface area (Å²) >= 11 is 1.42. The molecule has 0 aliphatic rings. The Bertz CT molecular complexity index is 650. The van der Waals surface area contributed by atoms with Gasteiger partial charge in [-0.2, -0.15) is 0 Å². The highest BCUT2D eigenvalue weighted by molar-refractivity contribution is 8.04. The van der Waals surface area contributed by atoms with Gasteiger partial charge in [0.15, 0.2) is 5.78 Å². The number of Topliss-reactive ketones (excluding diaryl/α,β-unsaturated/α-hetero) is 1. The van der Waals surface area contributed by atoms with E-state index in [1.807, 2.05) is 37.3 Å². The molecule has 0 unspecified atom stereocenters. The fourth-order valence-corrected chi connectivity index (χ4v) is 2.70. The molecule has 108 valence electrons. The van der Waals surface area contributed by atoms with E-state index in [4.69, 9.17) is 0 Å². The first kappa shape index (κ1) is 15.3. The van der Waals surface area contributed by atoms with Crippen LogP contribution in [0.2, 0.25) is 0 Å². The minimum atomic E-state index is -0.285. The van der Waals surface area contributed by atoms with Crippen LogP contribution in [0.3, 0.4) is 0 Å². The Morgan fingerprint density at radius 1 is 1.00 bits per heavy atom. The Hall–Kier alpha value is -2.07. The topological polar surface area (TPSA) is 29.1 Å². The van der Waals surface area contributed by atoms with Crippen molar-refractivity contribution in [3.8, 4) is 0 Å². The van der Waals surface area contributed by atoms with Gasteiger partial charge in [0.1, 0.15) is 5.82 Å². The SMILES string of the molecule is CC(=O)/C(Sc1ccccc1)=C(/C)Nc1ccc(F)cc1. The number of hydrogen-bond donors (Lipinski definition) is 1. The number of rotatable bonds is 5. The molecule has 0 amide bonds. The number of ketones is 1. The van der Waals surface area contributed by atoms with Crippen molar-refractivity contribution in [2.45, 2.75) is 18.7 Å². The van der Waals surface area contributed by atoms with Gasteiger partial charge in [-0.25, -0.2) is 4.39 Å². The smallest absolute Gasteiger partial charge is 0.168 e. The number of hydrogen-bond acceptors (Lipinski definition) is 3. The molecule has 0 heterocycles. The van der Waals surface area contributed by atoms with Crippen LogP contribution in [0.15, 0.2) is 70.1 Å². The van der Waals surface area contributed by atoms with E-state index in [-0.39, 0.29) is 11.6 Å². The second kappa shape index (κ2) is 7.09. The van der Waals surface area contributed by atoms with Gasteiger partial charge in [-0.05, 0) is 50.2 Å². The molecule has 0 spiro atoms. The van der Waals surface area contributed by atoms with Gasteiger partial charge in [0, 0.05) is 16.3 Å². The lowest BCUT2D eigenvalue weighted by Gasteiger charge is -2.12. The van der Waals surface area contributed by atoms with Crippen molar-refractivity contribution in [3.63, 3.8) is 0 Å². The second-order valence-corrected chi connectivity index (χ2v) is 5.64. The number of anilines is 1. The van der Waals surface area contributed by atoms with Crippen molar-refractivity contribution in [1.29, 1.82) is 0 Å². The van der Waals surface area contributed by atoms with Gasteiger partial charge in [0.2, 0.25) is 0 Å². The first-order chi connectivity index (χ1) is 10.1. The fraction of sp³-hybridized carbons (Fsp3) is 0.118. The van der Waals surface area contributed by atoms with E-state index in [1.165, 1.54) is 23.9 Å². The Morgan fingerprint density at radius 3 is 2.19 bits per heavy atom. The first-order valence-corrected chi connectivity index (χ1v) is 7.35. The number of carbonyl (C=O) groups is 1. The van der Waals surface area contributed by atoms with Crippen LogP contribution in [0.1, 0.15) is 13.8 Å². The quantitative estimate of drug-likeness (QED) is 0.632. The molecule has 1 N–H and O–H groups in total. The highest BCUT2D eigenvalue weighted by Gasteiger charge is 2.11. The van der Waals surface area contributed by atoms with E-state index in [0.717, 1.165) is 16.3 Å². The zero-order valence-electron chi connectivity index (χ0n) is 11.9. The number of nitrogens with one attached hydrogen (secondary N) is 1. The Labute approximate surface area is 128 Å². The molecule has 2 rings (SSSR count). The standard InChI is InChI=1S/C17H16FNOS/c1-12(19-15-10-8-14(18)9-11-15)17(13(2)20)21-16-6-4-3-5-7-16/h3-11,19H,1-2H3/b17-12+. The zero-order chi connectivity index (χ0) is 15.2. The third-order valence-electron chi connectivity index (χ3n) is 2.80. The molecule has 4 heteroatoms. The molecule has 2 aromatic rings. The van der Waals surface area contributed by atoms with Gasteiger partial charge in [-0.1, -0.05) is 30.0 Å². The summed E-state index contributed by atoms with van der Waals surface area (Å²) in [6.07, 6.45) is 0. The summed E-state index contributed by atoms with van der Waals surface area (Å²) in [6.45, 7) is 3.39. The number of benzene rings is 2. The molecule has 21 heavy (non-hydrogen) atoms. The van der Waals surface area contributed by atoms with Crippen molar-refractivity contribution < 1.29 is 9.18 Å². The van der Waals surface area contributed by atoms with E-state index in [1.54, 1.807) is 19.1 Å². The Morgan fingerprint density at radius 2 is 1.62 bits per heavy atom. The van der Waals surface area contributed by atoms with Gasteiger partial charge in [-0.15, -0.1) is 0 Å². The minimum absolute atomic E-state index is 0.00374. The predicted molar refractivity (Wildman–Crippen MR) is 85.7 cm³/mol. The van der Waals surface area contributed by atoms with Crippen molar-refractivity contribution in [3.05, 3.63) is 71.0 Å². The molecule has 0 fully saturated rings. The summed E-state index contributed by atoms with van der Waals surface area (Å²) in [5.41, 5.74) is 1.50. The largest absolute Gasteiger partial charge is 0.358 e. The molecule has 0 saturated carbocycles. The maximum atomic E-state index is 12.9. The zero-order valence-corrected chi connectivity index (χ0v) is 12.7. The summed E-state index contributed by atoms with van der Waals surface area (Å²) in [5.74, 6) is -0.288. The fourth-order valence-electron chi connectivity index (χ4n) is 1.83. The van der Waals surface area contributed by atoms with Crippen molar-refractivity contribution in [2.24, 2.45) is 0 Å². The maximum absolute atomic E-state index is 12.9.